The zero-order valence-electron chi connectivity index (χ0n) is 11.5. The van der Waals surface area contributed by atoms with E-state index in [2.05, 4.69) is 39.5 Å². The molecule has 16 heavy (non-hydrogen) atoms. The fourth-order valence-corrected chi connectivity index (χ4v) is 4.02. The van der Waals surface area contributed by atoms with Crippen molar-refractivity contribution in [1.29, 1.82) is 0 Å². The summed E-state index contributed by atoms with van der Waals surface area (Å²) in [4.78, 5) is 0. The van der Waals surface area contributed by atoms with Crippen molar-refractivity contribution in [2.24, 2.45) is 23.0 Å². The molecule has 1 nitrogen and oxygen atoms in total. The molecule has 0 aromatic rings. The topological polar surface area (TPSA) is 26.0 Å². The van der Waals surface area contributed by atoms with Gasteiger partial charge < -0.3 is 5.73 Å². The average molecular weight is 243 g/mol. The lowest BCUT2D eigenvalue weighted by molar-refractivity contribution is 0.110. The minimum Gasteiger partial charge on any atom is -0.327 e. The molecule has 0 amide bonds. The Morgan fingerprint density at radius 3 is 2.56 bits per heavy atom. The third kappa shape index (κ3) is 3.96. The van der Waals surface area contributed by atoms with Gasteiger partial charge >= 0.3 is 0 Å². The second-order valence-electron chi connectivity index (χ2n) is 6.12. The lowest BCUT2D eigenvalue weighted by Crippen LogP contribution is -2.44. The van der Waals surface area contributed by atoms with Gasteiger partial charge in [0.1, 0.15) is 0 Å². The zero-order valence-corrected chi connectivity index (χ0v) is 12.3. The Morgan fingerprint density at radius 1 is 1.31 bits per heavy atom. The van der Waals surface area contributed by atoms with Crippen LogP contribution in [0.3, 0.4) is 0 Å². The molecular formula is C14H29NS. The minimum atomic E-state index is 0.432. The molecule has 0 aromatic carbocycles. The summed E-state index contributed by atoms with van der Waals surface area (Å²) >= 11 is 2.06. The molecular weight excluding hydrogens is 214 g/mol. The standard InChI is InChI=1S/C14H29NS/c1-5-16-9-8-14(3,4)12-7-6-11(2)10-13(12)15/h11-13H,5-10,15H2,1-4H3. The molecule has 0 heterocycles. The van der Waals surface area contributed by atoms with Crippen LogP contribution in [-0.4, -0.2) is 17.5 Å². The number of rotatable bonds is 5. The molecule has 0 aromatic heterocycles. The van der Waals surface area contributed by atoms with E-state index in [0.717, 1.165) is 11.8 Å². The highest BCUT2D eigenvalue weighted by Crippen LogP contribution is 2.42. The molecule has 2 N–H and O–H groups in total. The van der Waals surface area contributed by atoms with E-state index in [4.69, 9.17) is 5.73 Å². The van der Waals surface area contributed by atoms with Crippen molar-refractivity contribution < 1.29 is 0 Å². The number of nitrogens with two attached hydrogens (primary N) is 1. The van der Waals surface area contributed by atoms with Crippen molar-refractivity contribution in [2.45, 2.75) is 59.4 Å². The van der Waals surface area contributed by atoms with Gasteiger partial charge in [-0.3, -0.25) is 0 Å². The van der Waals surface area contributed by atoms with Gasteiger partial charge in [0.15, 0.2) is 0 Å². The average Bonchev–Trinajstić information content (AvgIpc) is 2.17. The fraction of sp³-hybridized carbons (Fsp3) is 1.00. The maximum atomic E-state index is 6.35. The van der Waals surface area contributed by atoms with E-state index < -0.39 is 0 Å². The van der Waals surface area contributed by atoms with Crippen LogP contribution in [0.5, 0.6) is 0 Å². The molecule has 1 aliphatic rings. The highest BCUT2D eigenvalue weighted by atomic mass is 32.2. The lowest BCUT2D eigenvalue weighted by Gasteiger charge is -2.43. The van der Waals surface area contributed by atoms with Crippen LogP contribution in [0, 0.1) is 17.3 Å². The normalized spacial score (nSPS) is 31.7. The summed E-state index contributed by atoms with van der Waals surface area (Å²) in [6.45, 7) is 9.43. The molecule has 0 bridgehead atoms. The Morgan fingerprint density at radius 2 is 2.00 bits per heavy atom. The van der Waals surface area contributed by atoms with Crippen LogP contribution >= 0.6 is 11.8 Å². The molecule has 3 atom stereocenters. The van der Waals surface area contributed by atoms with Crippen LogP contribution in [0.25, 0.3) is 0 Å². The first-order chi connectivity index (χ1) is 7.47. The maximum Gasteiger partial charge on any atom is 0.00748 e. The second-order valence-corrected chi connectivity index (χ2v) is 7.52. The van der Waals surface area contributed by atoms with Gasteiger partial charge in [-0.05, 0) is 48.0 Å². The van der Waals surface area contributed by atoms with Crippen molar-refractivity contribution >= 4 is 11.8 Å². The van der Waals surface area contributed by atoms with Crippen molar-refractivity contribution in [3.05, 3.63) is 0 Å². The summed E-state index contributed by atoms with van der Waals surface area (Å²) in [5, 5.41) is 0. The van der Waals surface area contributed by atoms with Gasteiger partial charge in [-0.2, -0.15) is 11.8 Å². The predicted molar refractivity (Wildman–Crippen MR) is 75.9 cm³/mol. The van der Waals surface area contributed by atoms with E-state index in [1.807, 2.05) is 0 Å². The van der Waals surface area contributed by atoms with Crippen LogP contribution in [0.1, 0.15) is 53.4 Å². The molecule has 2 heteroatoms. The molecule has 0 aliphatic heterocycles. The Balaban J connectivity index is 2.47. The zero-order chi connectivity index (χ0) is 12.2. The van der Waals surface area contributed by atoms with Crippen molar-refractivity contribution in [2.75, 3.05) is 11.5 Å². The first-order valence-electron chi connectivity index (χ1n) is 6.80. The SMILES string of the molecule is CCSCCC(C)(C)C1CCC(C)CC1N. The van der Waals surface area contributed by atoms with E-state index in [0.29, 0.717) is 11.5 Å². The molecule has 3 unspecified atom stereocenters. The van der Waals surface area contributed by atoms with Crippen molar-refractivity contribution in [3.8, 4) is 0 Å². The quantitative estimate of drug-likeness (QED) is 0.741. The Bertz CT molecular complexity index is 203. The van der Waals surface area contributed by atoms with Gasteiger partial charge in [0, 0.05) is 6.04 Å². The highest BCUT2D eigenvalue weighted by molar-refractivity contribution is 7.99. The smallest absolute Gasteiger partial charge is 0.00748 e. The first-order valence-corrected chi connectivity index (χ1v) is 7.96. The Kier molecular flexibility index (Phi) is 5.66. The van der Waals surface area contributed by atoms with Crippen LogP contribution in [-0.2, 0) is 0 Å². The van der Waals surface area contributed by atoms with Crippen LogP contribution < -0.4 is 5.73 Å². The second kappa shape index (κ2) is 6.30. The van der Waals surface area contributed by atoms with Gasteiger partial charge in [-0.25, -0.2) is 0 Å². The first kappa shape index (κ1) is 14.4. The number of thioether (sulfide) groups is 1. The summed E-state index contributed by atoms with van der Waals surface area (Å²) in [6, 6.07) is 0.436. The molecule has 96 valence electrons. The number of hydrogen-bond acceptors (Lipinski definition) is 2. The van der Waals surface area contributed by atoms with E-state index in [-0.39, 0.29) is 0 Å². The van der Waals surface area contributed by atoms with Crippen molar-refractivity contribution in [1.82, 2.24) is 0 Å². The van der Waals surface area contributed by atoms with Crippen molar-refractivity contribution in [3.63, 3.8) is 0 Å². The van der Waals surface area contributed by atoms with Crippen LogP contribution in [0.4, 0.5) is 0 Å². The highest BCUT2D eigenvalue weighted by Gasteiger charge is 2.36. The van der Waals surface area contributed by atoms with E-state index >= 15 is 0 Å². The third-order valence-electron chi connectivity index (χ3n) is 4.26. The maximum absolute atomic E-state index is 6.35. The van der Waals surface area contributed by atoms with Gasteiger partial charge in [0.2, 0.25) is 0 Å². The van der Waals surface area contributed by atoms with Gasteiger partial charge in [-0.15, -0.1) is 0 Å². The predicted octanol–water partition coefficient (Wildman–Crippen LogP) is 3.92. The summed E-state index contributed by atoms with van der Waals surface area (Å²) in [5.74, 6) is 4.11. The monoisotopic (exact) mass is 243 g/mol. The van der Waals surface area contributed by atoms with E-state index in [9.17, 15) is 0 Å². The number of hydrogen-bond donors (Lipinski definition) is 1. The van der Waals surface area contributed by atoms with Gasteiger partial charge in [0.25, 0.3) is 0 Å². The van der Waals surface area contributed by atoms with E-state index in [1.54, 1.807) is 0 Å². The molecule has 1 fully saturated rings. The summed E-state index contributed by atoms with van der Waals surface area (Å²) in [5.41, 5.74) is 6.79. The summed E-state index contributed by atoms with van der Waals surface area (Å²) in [6.07, 6.45) is 5.27. The minimum absolute atomic E-state index is 0.432. The van der Waals surface area contributed by atoms with Crippen LogP contribution in [0.2, 0.25) is 0 Å². The summed E-state index contributed by atoms with van der Waals surface area (Å²) in [7, 11) is 0. The lowest BCUT2D eigenvalue weighted by atomic mass is 9.65. The molecule has 0 radical (unpaired) electrons. The Hall–Kier alpha value is 0.310. The molecule has 1 saturated carbocycles. The Labute approximate surface area is 106 Å². The van der Waals surface area contributed by atoms with Gasteiger partial charge in [0.05, 0.1) is 0 Å². The largest absolute Gasteiger partial charge is 0.327 e. The van der Waals surface area contributed by atoms with Gasteiger partial charge in [-0.1, -0.05) is 34.1 Å². The molecule has 0 saturated heterocycles. The molecule has 0 spiro atoms. The molecule has 1 aliphatic carbocycles. The van der Waals surface area contributed by atoms with Crippen LogP contribution in [0.15, 0.2) is 0 Å². The van der Waals surface area contributed by atoms with E-state index in [1.165, 1.54) is 37.2 Å². The summed E-state index contributed by atoms with van der Waals surface area (Å²) < 4.78 is 0. The molecule has 1 rings (SSSR count). The third-order valence-corrected chi connectivity index (χ3v) is 5.16. The fourth-order valence-electron chi connectivity index (χ4n) is 3.06.